The maximum absolute atomic E-state index is 11.0. The second-order valence-electron chi connectivity index (χ2n) is 3.07. The van der Waals surface area contributed by atoms with Gasteiger partial charge in [-0.1, -0.05) is 0 Å². The fourth-order valence-corrected chi connectivity index (χ4v) is 1.08. The average molecular weight is 219 g/mol. The molecule has 0 fully saturated rings. The monoisotopic (exact) mass is 219 g/mol. The van der Waals surface area contributed by atoms with Crippen LogP contribution in [-0.2, 0) is 19.0 Å². The van der Waals surface area contributed by atoms with Crippen LogP contribution in [0.3, 0.4) is 0 Å². The van der Waals surface area contributed by atoms with Crippen LogP contribution in [0.15, 0.2) is 0 Å². The zero-order chi connectivity index (χ0) is 11.5. The van der Waals surface area contributed by atoms with E-state index in [1.165, 1.54) is 0 Å². The minimum Gasteiger partial charge on any atom is -0.466 e. The molecule has 0 aliphatic rings. The molecule has 0 aromatic heterocycles. The maximum Gasteiger partial charge on any atom is 0.307 e. The Labute approximate surface area is 91.1 Å². The molecule has 1 N–H and O–H groups in total. The van der Waals surface area contributed by atoms with Gasteiger partial charge in [0.1, 0.15) is 0 Å². The minimum atomic E-state index is -0.175. The number of hydrogen-bond donors (Lipinski definition) is 1. The number of esters is 1. The Morgan fingerprint density at radius 3 is 2.67 bits per heavy atom. The van der Waals surface area contributed by atoms with Gasteiger partial charge < -0.3 is 19.5 Å². The van der Waals surface area contributed by atoms with Crippen LogP contribution in [0.2, 0.25) is 0 Å². The summed E-state index contributed by atoms with van der Waals surface area (Å²) in [4.78, 5) is 11.0. The summed E-state index contributed by atoms with van der Waals surface area (Å²) in [6, 6.07) is 0. The molecule has 0 spiro atoms. The predicted molar refractivity (Wildman–Crippen MR) is 56.8 cm³/mol. The first kappa shape index (κ1) is 14.3. The summed E-state index contributed by atoms with van der Waals surface area (Å²) in [5.74, 6) is -0.175. The molecule has 0 aliphatic heterocycles. The van der Waals surface area contributed by atoms with Gasteiger partial charge in [-0.15, -0.1) is 0 Å². The molecule has 5 heteroatoms. The van der Waals surface area contributed by atoms with Gasteiger partial charge in [0.05, 0.1) is 25.7 Å². The van der Waals surface area contributed by atoms with E-state index in [9.17, 15) is 4.79 Å². The third-order valence-electron chi connectivity index (χ3n) is 1.87. The fourth-order valence-electron chi connectivity index (χ4n) is 1.08. The summed E-state index contributed by atoms with van der Waals surface area (Å²) >= 11 is 0. The average Bonchev–Trinajstić information content (AvgIpc) is 2.23. The van der Waals surface area contributed by atoms with Gasteiger partial charge in [0, 0.05) is 27.3 Å². The van der Waals surface area contributed by atoms with E-state index < -0.39 is 0 Å². The molecular weight excluding hydrogens is 198 g/mol. The molecule has 0 rings (SSSR count). The smallest absolute Gasteiger partial charge is 0.307 e. The minimum absolute atomic E-state index is 0.0252. The van der Waals surface area contributed by atoms with Crippen molar-refractivity contribution in [3.05, 3.63) is 0 Å². The molecule has 0 radical (unpaired) electrons. The van der Waals surface area contributed by atoms with Crippen LogP contribution in [0.1, 0.15) is 13.3 Å². The molecule has 0 bridgehead atoms. The van der Waals surface area contributed by atoms with Crippen molar-refractivity contribution in [3.8, 4) is 0 Å². The second-order valence-corrected chi connectivity index (χ2v) is 3.07. The molecule has 1 unspecified atom stereocenters. The number of ether oxygens (including phenoxy) is 3. The summed E-state index contributed by atoms with van der Waals surface area (Å²) in [5.41, 5.74) is 0. The van der Waals surface area contributed by atoms with Crippen LogP contribution in [0.5, 0.6) is 0 Å². The van der Waals surface area contributed by atoms with Crippen molar-refractivity contribution < 1.29 is 19.0 Å². The van der Waals surface area contributed by atoms with E-state index in [2.05, 4.69) is 5.32 Å². The van der Waals surface area contributed by atoms with Crippen molar-refractivity contribution in [2.45, 2.75) is 19.4 Å². The van der Waals surface area contributed by atoms with E-state index in [4.69, 9.17) is 14.2 Å². The first-order chi connectivity index (χ1) is 7.24. The van der Waals surface area contributed by atoms with Gasteiger partial charge >= 0.3 is 5.97 Å². The van der Waals surface area contributed by atoms with Gasteiger partial charge in [0.25, 0.3) is 0 Å². The van der Waals surface area contributed by atoms with Gasteiger partial charge in [-0.2, -0.15) is 0 Å². The molecule has 0 aromatic rings. The third-order valence-corrected chi connectivity index (χ3v) is 1.87. The molecule has 15 heavy (non-hydrogen) atoms. The summed E-state index contributed by atoms with van der Waals surface area (Å²) in [6.07, 6.45) is 0.411. The number of carbonyl (C=O) groups is 1. The van der Waals surface area contributed by atoms with Gasteiger partial charge in [-0.3, -0.25) is 4.79 Å². The Hall–Kier alpha value is -0.650. The van der Waals surface area contributed by atoms with Crippen molar-refractivity contribution >= 4 is 5.97 Å². The van der Waals surface area contributed by atoms with Crippen LogP contribution in [0, 0.1) is 0 Å². The van der Waals surface area contributed by atoms with Gasteiger partial charge in [0.2, 0.25) is 0 Å². The third kappa shape index (κ3) is 8.35. The molecule has 0 amide bonds. The largest absolute Gasteiger partial charge is 0.466 e. The first-order valence-corrected chi connectivity index (χ1v) is 5.12. The van der Waals surface area contributed by atoms with Crippen LogP contribution in [0.4, 0.5) is 0 Å². The highest BCUT2D eigenvalue weighted by atomic mass is 16.5. The van der Waals surface area contributed by atoms with Crippen molar-refractivity contribution in [3.63, 3.8) is 0 Å². The van der Waals surface area contributed by atoms with E-state index in [1.807, 2.05) is 0 Å². The Kier molecular flexibility index (Phi) is 9.46. The van der Waals surface area contributed by atoms with Crippen LogP contribution in [0.25, 0.3) is 0 Å². The van der Waals surface area contributed by atoms with Gasteiger partial charge in [-0.25, -0.2) is 0 Å². The standard InChI is InChI=1S/C10H21NO4/c1-4-15-10(12)5-6-11-7-9(14-3)8-13-2/h9,11H,4-8H2,1-3H3. The topological polar surface area (TPSA) is 56.8 Å². The van der Waals surface area contributed by atoms with Crippen molar-refractivity contribution in [2.24, 2.45) is 0 Å². The Morgan fingerprint density at radius 2 is 2.13 bits per heavy atom. The molecule has 0 aromatic carbocycles. The van der Waals surface area contributed by atoms with Gasteiger partial charge in [-0.05, 0) is 6.92 Å². The number of rotatable bonds is 9. The molecule has 1 atom stereocenters. The SMILES string of the molecule is CCOC(=O)CCNCC(COC)OC. The Bertz CT molecular complexity index is 164. The van der Waals surface area contributed by atoms with E-state index in [-0.39, 0.29) is 12.1 Å². The van der Waals surface area contributed by atoms with Crippen LogP contribution < -0.4 is 5.32 Å². The van der Waals surface area contributed by atoms with Crippen molar-refractivity contribution in [1.29, 1.82) is 0 Å². The Morgan fingerprint density at radius 1 is 1.40 bits per heavy atom. The first-order valence-electron chi connectivity index (χ1n) is 5.12. The highest BCUT2D eigenvalue weighted by Gasteiger charge is 2.06. The summed E-state index contributed by atoms with van der Waals surface area (Å²) < 4.78 is 14.9. The molecule has 0 saturated carbocycles. The number of carbonyl (C=O) groups excluding carboxylic acids is 1. The highest BCUT2D eigenvalue weighted by molar-refractivity contribution is 5.69. The van der Waals surface area contributed by atoms with E-state index in [0.717, 1.165) is 0 Å². The summed E-state index contributed by atoms with van der Waals surface area (Å²) in [5, 5.41) is 3.10. The summed E-state index contributed by atoms with van der Waals surface area (Å²) in [6.45, 7) is 4.04. The van der Waals surface area contributed by atoms with E-state index >= 15 is 0 Å². The van der Waals surface area contributed by atoms with E-state index in [1.54, 1.807) is 21.1 Å². The molecule has 0 heterocycles. The van der Waals surface area contributed by atoms with Crippen LogP contribution in [-0.4, -0.2) is 52.6 Å². The molecule has 90 valence electrons. The maximum atomic E-state index is 11.0. The second kappa shape index (κ2) is 9.89. The molecule has 0 aliphatic carbocycles. The lowest BCUT2D eigenvalue weighted by Gasteiger charge is -2.14. The van der Waals surface area contributed by atoms with Crippen molar-refractivity contribution in [1.82, 2.24) is 5.32 Å². The quantitative estimate of drug-likeness (QED) is 0.443. The fraction of sp³-hybridized carbons (Fsp3) is 0.900. The highest BCUT2D eigenvalue weighted by Crippen LogP contribution is 1.89. The molecular formula is C10H21NO4. The number of hydrogen-bond acceptors (Lipinski definition) is 5. The predicted octanol–water partition coefficient (Wildman–Crippen LogP) is 0.191. The van der Waals surface area contributed by atoms with Gasteiger partial charge in [0.15, 0.2) is 0 Å². The molecule has 5 nitrogen and oxygen atoms in total. The van der Waals surface area contributed by atoms with E-state index in [0.29, 0.717) is 32.7 Å². The van der Waals surface area contributed by atoms with Crippen LogP contribution >= 0.6 is 0 Å². The lowest BCUT2D eigenvalue weighted by atomic mass is 10.3. The van der Waals surface area contributed by atoms with Crippen molar-refractivity contribution in [2.75, 3.05) is 40.5 Å². The Balaban J connectivity index is 3.39. The zero-order valence-corrected chi connectivity index (χ0v) is 9.75. The number of nitrogens with one attached hydrogen (secondary N) is 1. The lowest BCUT2D eigenvalue weighted by molar-refractivity contribution is -0.143. The number of methoxy groups -OCH3 is 2. The summed E-state index contributed by atoms with van der Waals surface area (Å²) in [7, 11) is 3.27. The lowest BCUT2D eigenvalue weighted by Crippen LogP contribution is -2.33. The normalized spacial score (nSPS) is 12.5. The zero-order valence-electron chi connectivity index (χ0n) is 9.75. The molecule has 0 saturated heterocycles.